The van der Waals surface area contributed by atoms with E-state index < -0.39 is 0 Å². The maximum atomic E-state index is 9.01. The Hall–Kier alpha value is -1.01. The molecule has 0 saturated carbocycles. The molecule has 0 fully saturated rings. The second-order valence-corrected chi connectivity index (χ2v) is 5.33. The van der Waals surface area contributed by atoms with Gasteiger partial charge in [0.15, 0.2) is 0 Å². The second kappa shape index (κ2) is 3.29. The van der Waals surface area contributed by atoms with Crippen LogP contribution in [0.4, 0.5) is 5.00 Å². The van der Waals surface area contributed by atoms with E-state index in [4.69, 9.17) is 11.0 Å². The molecule has 0 bridgehead atoms. The van der Waals surface area contributed by atoms with Gasteiger partial charge in [0.05, 0.1) is 5.56 Å². The van der Waals surface area contributed by atoms with E-state index in [9.17, 15) is 0 Å². The van der Waals surface area contributed by atoms with Crippen molar-refractivity contribution in [2.45, 2.75) is 32.6 Å². The van der Waals surface area contributed by atoms with E-state index in [0.717, 1.165) is 12.0 Å². The minimum atomic E-state index is 0.572. The van der Waals surface area contributed by atoms with Crippen LogP contribution in [0, 0.1) is 17.2 Å². The molecule has 0 aromatic carbocycles. The monoisotopic (exact) mass is 206 g/mol. The highest BCUT2D eigenvalue weighted by Crippen LogP contribution is 2.43. The smallest absolute Gasteiger partial charge is 0.104 e. The summed E-state index contributed by atoms with van der Waals surface area (Å²) in [5.74, 6) is 1.25. The van der Waals surface area contributed by atoms with Crippen molar-refractivity contribution in [3.05, 3.63) is 16.0 Å². The number of nitriles is 1. The Morgan fingerprint density at radius 1 is 1.50 bits per heavy atom. The molecule has 3 heteroatoms. The van der Waals surface area contributed by atoms with Crippen LogP contribution in [0.25, 0.3) is 0 Å². The van der Waals surface area contributed by atoms with Crippen molar-refractivity contribution in [1.82, 2.24) is 0 Å². The fraction of sp³-hybridized carbons (Fsp3) is 0.545. The normalized spacial score (nSPS) is 25.5. The zero-order valence-electron chi connectivity index (χ0n) is 8.50. The minimum Gasteiger partial charge on any atom is -0.389 e. The Labute approximate surface area is 88.4 Å². The maximum Gasteiger partial charge on any atom is 0.104 e. The standard InChI is InChI=1S/C11H14N2S/c1-6-3-7(2)10-8(4-6)9(5-12)11(13)14-10/h6-7H,3-4,13H2,1-2H3/t6-,7+/m0/s1. The van der Waals surface area contributed by atoms with Gasteiger partial charge in [-0.3, -0.25) is 0 Å². The van der Waals surface area contributed by atoms with E-state index in [0.29, 0.717) is 16.8 Å². The topological polar surface area (TPSA) is 49.8 Å². The summed E-state index contributed by atoms with van der Waals surface area (Å²) in [6, 6.07) is 2.23. The Balaban J connectivity index is 2.55. The fourth-order valence-electron chi connectivity index (χ4n) is 2.37. The Morgan fingerprint density at radius 2 is 2.21 bits per heavy atom. The van der Waals surface area contributed by atoms with Gasteiger partial charge in [-0.1, -0.05) is 13.8 Å². The molecule has 2 nitrogen and oxygen atoms in total. The number of hydrogen-bond donors (Lipinski definition) is 1. The summed E-state index contributed by atoms with van der Waals surface area (Å²) in [6.45, 7) is 4.47. The third-order valence-electron chi connectivity index (χ3n) is 2.93. The molecule has 2 N–H and O–H groups in total. The molecule has 1 heterocycles. The molecule has 14 heavy (non-hydrogen) atoms. The quantitative estimate of drug-likeness (QED) is 0.709. The lowest BCUT2D eigenvalue weighted by Crippen LogP contribution is -2.13. The molecule has 0 unspecified atom stereocenters. The molecule has 2 rings (SSSR count). The van der Waals surface area contributed by atoms with Crippen LogP contribution in [-0.4, -0.2) is 0 Å². The van der Waals surface area contributed by atoms with Crippen molar-refractivity contribution in [2.24, 2.45) is 5.92 Å². The Bertz CT molecular complexity index is 400. The SMILES string of the molecule is C[C@@H]1Cc2c(sc(N)c2C#N)[C@H](C)C1. The molecule has 1 aliphatic carbocycles. The van der Waals surface area contributed by atoms with Crippen LogP contribution in [0.2, 0.25) is 0 Å². The number of fused-ring (bicyclic) bond motifs is 1. The third-order valence-corrected chi connectivity index (χ3v) is 4.23. The molecule has 0 radical (unpaired) electrons. The van der Waals surface area contributed by atoms with Gasteiger partial charge in [0.2, 0.25) is 0 Å². The predicted molar refractivity (Wildman–Crippen MR) is 59.3 cm³/mol. The first kappa shape index (κ1) is 9.54. The van der Waals surface area contributed by atoms with Crippen molar-refractivity contribution in [3.8, 4) is 6.07 Å². The summed E-state index contributed by atoms with van der Waals surface area (Å²) >= 11 is 1.61. The van der Waals surface area contributed by atoms with Gasteiger partial charge in [-0.2, -0.15) is 5.26 Å². The molecule has 1 aliphatic rings. The second-order valence-electron chi connectivity index (χ2n) is 4.24. The number of nitrogens with two attached hydrogens (primary N) is 1. The van der Waals surface area contributed by atoms with Crippen LogP contribution in [0.5, 0.6) is 0 Å². The number of nitrogen functional groups attached to an aromatic ring is 1. The highest BCUT2D eigenvalue weighted by molar-refractivity contribution is 7.16. The van der Waals surface area contributed by atoms with Crippen LogP contribution in [0.15, 0.2) is 0 Å². The zero-order valence-corrected chi connectivity index (χ0v) is 9.32. The first-order valence-corrected chi connectivity index (χ1v) is 5.76. The largest absolute Gasteiger partial charge is 0.389 e. The first-order chi connectivity index (χ1) is 6.63. The number of rotatable bonds is 0. The molecule has 0 spiro atoms. The summed E-state index contributed by atoms with van der Waals surface area (Å²) < 4.78 is 0. The van der Waals surface area contributed by atoms with Crippen LogP contribution in [0.1, 0.15) is 42.2 Å². The molecule has 0 aliphatic heterocycles. The summed E-state index contributed by atoms with van der Waals surface area (Å²) in [5, 5.41) is 9.72. The first-order valence-electron chi connectivity index (χ1n) is 4.94. The molecular weight excluding hydrogens is 192 g/mol. The molecule has 2 atom stereocenters. The van der Waals surface area contributed by atoms with E-state index in [1.807, 2.05) is 0 Å². The minimum absolute atomic E-state index is 0.572. The van der Waals surface area contributed by atoms with E-state index in [2.05, 4.69) is 19.9 Å². The van der Waals surface area contributed by atoms with Gasteiger partial charge in [0.1, 0.15) is 11.1 Å². The summed E-state index contributed by atoms with van der Waals surface area (Å²) in [7, 11) is 0. The highest BCUT2D eigenvalue weighted by atomic mass is 32.1. The average molecular weight is 206 g/mol. The van der Waals surface area contributed by atoms with E-state index in [1.165, 1.54) is 16.9 Å². The van der Waals surface area contributed by atoms with Crippen molar-refractivity contribution < 1.29 is 0 Å². The van der Waals surface area contributed by atoms with E-state index in [1.54, 1.807) is 11.3 Å². The Morgan fingerprint density at radius 3 is 2.86 bits per heavy atom. The van der Waals surface area contributed by atoms with Gasteiger partial charge in [-0.15, -0.1) is 11.3 Å². The lowest BCUT2D eigenvalue weighted by atomic mass is 9.82. The lowest BCUT2D eigenvalue weighted by molar-refractivity contribution is 0.456. The number of hydrogen-bond acceptors (Lipinski definition) is 3. The van der Waals surface area contributed by atoms with Crippen LogP contribution in [0.3, 0.4) is 0 Å². The van der Waals surface area contributed by atoms with Gasteiger partial charge in [-0.25, -0.2) is 0 Å². The van der Waals surface area contributed by atoms with Crippen LogP contribution in [-0.2, 0) is 6.42 Å². The average Bonchev–Trinajstić information content (AvgIpc) is 2.41. The van der Waals surface area contributed by atoms with Gasteiger partial charge >= 0.3 is 0 Å². The molecule has 1 aromatic rings. The van der Waals surface area contributed by atoms with Crippen LogP contribution < -0.4 is 5.73 Å². The fourth-order valence-corrected chi connectivity index (χ4v) is 3.48. The lowest BCUT2D eigenvalue weighted by Gasteiger charge is -2.24. The Kier molecular flexibility index (Phi) is 2.24. The molecule has 0 saturated heterocycles. The van der Waals surface area contributed by atoms with Crippen molar-refractivity contribution in [3.63, 3.8) is 0 Å². The van der Waals surface area contributed by atoms with Gasteiger partial charge < -0.3 is 5.73 Å². The van der Waals surface area contributed by atoms with E-state index in [-0.39, 0.29) is 0 Å². The molecule has 1 aromatic heterocycles. The predicted octanol–water partition coefficient (Wildman–Crippen LogP) is 2.89. The number of nitrogens with zero attached hydrogens (tertiary/aromatic N) is 1. The van der Waals surface area contributed by atoms with Gasteiger partial charge in [0, 0.05) is 4.88 Å². The van der Waals surface area contributed by atoms with Crippen molar-refractivity contribution in [2.75, 3.05) is 5.73 Å². The van der Waals surface area contributed by atoms with Crippen molar-refractivity contribution in [1.29, 1.82) is 5.26 Å². The van der Waals surface area contributed by atoms with Crippen LogP contribution >= 0.6 is 11.3 Å². The molecule has 74 valence electrons. The van der Waals surface area contributed by atoms with Gasteiger partial charge in [-0.05, 0) is 30.2 Å². The third kappa shape index (κ3) is 1.31. The number of thiophene rings is 1. The summed E-state index contributed by atoms with van der Waals surface area (Å²) in [4.78, 5) is 1.34. The highest BCUT2D eigenvalue weighted by Gasteiger charge is 2.27. The van der Waals surface area contributed by atoms with E-state index >= 15 is 0 Å². The van der Waals surface area contributed by atoms with Crippen molar-refractivity contribution >= 4 is 16.3 Å². The number of anilines is 1. The summed E-state index contributed by atoms with van der Waals surface area (Å²) in [5.41, 5.74) is 7.80. The van der Waals surface area contributed by atoms with Gasteiger partial charge in [0.25, 0.3) is 0 Å². The molecular formula is C11H14N2S. The maximum absolute atomic E-state index is 9.01. The summed E-state index contributed by atoms with van der Waals surface area (Å²) in [6.07, 6.45) is 2.24. The zero-order chi connectivity index (χ0) is 10.3. The molecule has 0 amide bonds.